The van der Waals surface area contributed by atoms with Gasteiger partial charge < -0.3 is 26.0 Å². The van der Waals surface area contributed by atoms with Gasteiger partial charge in [-0.3, -0.25) is 19.2 Å². The molecule has 0 saturated carbocycles. The van der Waals surface area contributed by atoms with Gasteiger partial charge in [0.05, 0.1) is 5.54 Å². The number of nitrogens with one attached hydrogen (secondary N) is 3. The Morgan fingerprint density at radius 3 is 2.20 bits per heavy atom. The first-order valence-corrected chi connectivity index (χ1v) is 13.2. The van der Waals surface area contributed by atoms with Crippen LogP contribution in [-0.2, 0) is 19.2 Å². The molecule has 0 radical (unpaired) electrons. The Balaban J connectivity index is 2.98. The van der Waals surface area contributed by atoms with Crippen LogP contribution < -0.4 is 16.0 Å². The molecule has 0 spiro atoms. The Morgan fingerprint density at radius 2 is 1.63 bits per heavy atom. The Kier molecular flexibility index (Phi) is 12.2. The van der Waals surface area contributed by atoms with Crippen molar-refractivity contribution in [2.75, 3.05) is 7.05 Å². The van der Waals surface area contributed by atoms with Crippen LogP contribution in [0.3, 0.4) is 0 Å². The lowest BCUT2D eigenvalue weighted by Crippen LogP contribution is -2.78. The Morgan fingerprint density at radius 1 is 1.03 bits per heavy atom. The van der Waals surface area contributed by atoms with Gasteiger partial charge in [-0.2, -0.15) is 0 Å². The average molecular weight is 497 g/mol. The predicted molar refractivity (Wildman–Crippen MR) is 136 cm³/mol. The number of likely N-dealkylation sites (tertiary alicyclic amines) is 1. The van der Waals surface area contributed by atoms with Crippen molar-refractivity contribution in [2.24, 2.45) is 5.92 Å². The summed E-state index contributed by atoms with van der Waals surface area (Å²) < 4.78 is 0. The van der Waals surface area contributed by atoms with E-state index in [0.717, 1.165) is 24.2 Å². The van der Waals surface area contributed by atoms with Crippen molar-refractivity contribution in [1.29, 1.82) is 0 Å². The number of nitrogens with zero attached hydrogens (tertiary/aromatic N) is 1. The highest BCUT2D eigenvalue weighted by Crippen LogP contribution is 2.35. The molecule has 0 aliphatic carbocycles. The molecule has 1 rings (SSSR count). The molecule has 3 atom stereocenters. The van der Waals surface area contributed by atoms with E-state index in [-0.39, 0.29) is 36.6 Å². The highest BCUT2D eigenvalue weighted by Gasteiger charge is 2.60. The Labute approximate surface area is 211 Å². The van der Waals surface area contributed by atoms with Gasteiger partial charge in [0.25, 0.3) is 5.91 Å². The minimum atomic E-state index is -2.27. The van der Waals surface area contributed by atoms with E-state index in [0.29, 0.717) is 12.8 Å². The molecule has 1 aliphatic heterocycles. The van der Waals surface area contributed by atoms with Crippen molar-refractivity contribution >= 4 is 23.6 Å². The van der Waals surface area contributed by atoms with E-state index in [1.807, 2.05) is 13.8 Å². The predicted octanol–water partition coefficient (Wildman–Crippen LogP) is 2.61. The number of carbonyl (C=O) groups excluding carboxylic acids is 4. The number of carbonyl (C=O) groups is 4. The SMILES string of the molecule is CCCCCCCCC(=O)N[C@@H](CC(C)C)C(=O)NC1(C)CCC(=O)N(C)C1(O)C(=O)NC(C)C. The van der Waals surface area contributed by atoms with Gasteiger partial charge in [0.2, 0.25) is 23.4 Å². The summed E-state index contributed by atoms with van der Waals surface area (Å²) in [7, 11) is 1.36. The van der Waals surface area contributed by atoms with E-state index >= 15 is 0 Å². The summed E-state index contributed by atoms with van der Waals surface area (Å²) in [6, 6.07) is -1.08. The molecule has 1 fully saturated rings. The van der Waals surface area contributed by atoms with Crippen LogP contribution in [0.2, 0.25) is 0 Å². The minimum Gasteiger partial charge on any atom is -0.361 e. The molecule has 35 heavy (non-hydrogen) atoms. The molecule has 4 amide bonds. The molecule has 1 saturated heterocycles. The zero-order chi connectivity index (χ0) is 26.8. The molecule has 0 bridgehead atoms. The van der Waals surface area contributed by atoms with Crippen LogP contribution in [0, 0.1) is 5.92 Å². The summed E-state index contributed by atoms with van der Waals surface area (Å²) in [4.78, 5) is 52.4. The normalized spacial score (nSPS) is 23.4. The maximum Gasteiger partial charge on any atom is 0.276 e. The molecular formula is C26H48N4O5. The second kappa shape index (κ2) is 13.8. The zero-order valence-corrected chi connectivity index (χ0v) is 22.8. The Hall–Kier alpha value is -2.16. The van der Waals surface area contributed by atoms with E-state index in [1.165, 1.54) is 26.3 Å². The topological polar surface area (TPSA) is 128 Å². The quantitative estimate of drug-likeness (QED) is 0.275. The second-order valence-electron chi connectivity index (χ2n) is 10.8. The van der Waals surface area contributed by atoms with Gasteiger partial charge in [0.1, 0.15) is 6.04 Å². The smallest absolute Gasteiger partial charge is 0.276 e. The van der Waals surface area contributed by atoms with Gasteiger partial charge in [-0.25, -0.2) is 0 Å². The molecule has 0 aromatic carbocycles. The van der Waals surface area contributed by atoms with Gasteiger partial charge in [0.15, 0.2) is 0 Å². The molecule has 0 aromatic rings. The van der Waals surface area contributed by atoms with Crippen molar-refractivity contribution in [3.8, 4) is 0 Å². The van der Waals surface area contributed by atoms with Crippen LogP contribution in [0.4, 0.5) is 0 Å². The fourth-order valence-corrected chi connectivity index (χ4v) is 4.56. The standard InChI is InChI=1S/C26H48N4O5/c1-8-9-10-11-12-13-14-21(31)28-20(17-18(2)3)23(33)29-25(6)16-15-22(32)30(7)26(25,35)24(34)27-19(4)5/h18-20,35H,8-17H2,1-7H3,(H,27,34)(H,28,31)(H,29,33)/t20-,25?,26?/m0/s1. The number of piperidine rings is 1. The lowest BCUT2D eigenvalue weighted by molar-refractivity contribution is -0.199. The summed E-state index contributed by atoms with van der Waals surface area (Å²) >= 11 is 0. The van der Waals surface area contributed by atoms with Gasteiger partial charge in [-0.1, -0.05) is 52.9 Å². The maximum atomic E-state index is 13.4. The van der Waals surface area contributed by atoms with Gasteiger partial charge in [0, 0.05) is 25.9 Å². The van der Waals surface area contributed by atoms with Crippen molar-refractivity contribution in [1.82, 2.24) is 20.9 Å². The van der Waals surface area contributed by atoms with E-state index in [1.54, 1.807) is 20.8 Å². The average Bonchev–Trinajstić information content (AvgIpc) is 2.76. The minimum absolute atomic E-state index is 0.0732. The summed E-state index contributed by atoms with van der Waals surface area (Å²) in [6.07, 6.45) is 7.30. The number of hydrogen-bond acceptors (Lipinski definition) is 5. The first kappa shape index (κ1) is 30.9. The van der Waals surface area contributed by atoms with Crippen LogP contribution in [0.1, 0.15) is 106 Å². The number of unbranched alkanes of at least 4 members (excludes halogenated alkanes) is 5. The van der Waals surface area contributed by atoms with Crippen LogP contribution in [0.5, 0.6) is 0 Å². The fourth-order valence-electron chi connectivity index (χ4n) is 4.56. The van der Waals surface area contributed by atoms with Crippen molar-refractivity contribution < 1.29 is 24.3 Å². The molecule has 1 heterocycles. The van der Waals surface area contributed by atoms with E-state index < -0.39 is 29.1 Å². The summed E-state index contributed by atoms with van der Waals surface area (Å²) in [5.74, 6) is -1.67. The third-order valence-corrected chi connectivity index (χ3v) is 6.72. The highest BCUT2D eigenvalue weighted by molar-refractivity contribution is 5.95. The lowest BCUT2D eigenvalue weighted by atomic mass is 9.78. The lowest BCUT2D eigenvalue weighted by Gasteiger charge is -2.52. The fraction of sp³-hybridized carbons (Fsp3) is 0.846. The van der Waals surface area contributed by atoms with Crippen LogP contribution in [0.25, 0.3) is 0 Å². The number of aliphatic hydroxyl groups is 1. The van der Waals surface area contributed by atoms with E-state index in [4.69, 9.17) is 0 Å². The zero-order valence-electron chi connectivity index (χ0n) is 22.8. The molecule has 9 nitrogen and oxygen atoms in total. The third-order valence-electron chi connectivity index (χ3n) is 6.72. The van der Waals surface area contributed by atoms with E-state index in [9.17, 15) is 24.3 Å². The first-order valence-electron chi connectivity index (χ1n) is 13.2. The largest absolute Gasteiger partial charge is 0.361 e. The Bertz CT molecular complexity index is 741. The van der Waals surface area contributed by atoms with Crippen molar-refractivity contribution in [3.05, 3.63) is 0 Å². The van der Waals surface area contributed by atoms with Crippen molar-refractivity contribution in [3.63, 3.8) is 0 Å². The number of likely N-dealkylation sites (N-methyl/N-ethyl adjacent to an activating group) is 1. The number of amides is 4. The summed E-state index contributed by atoms with van der Waals surface area (Å²) in [5, 5.41) is 19.9. The molecular weight excluding hydrogens is 448 g/mol. The van der Waals surface area contributed by atoms with Crippen LogP contribution in [-0.4, -0.2) is 64.0 Å². The molecule has 4 N–H and O–H groups in total. The molecule has 1 aliphatic rings. The first-order chi connectivity index (χ1) is 16.3. The van der Waals surface area contributed by atoms with Crippen LogP contribution in [0.15, 0.2) is 0 Å². The number of hydrogen-bond donors (Lipinski definition) is 4. The molecule has 2 unspecified atom stereocenters. The third kappa shape index (κ3) is 8.47. The highest BCUT2D eigenvalue weighted by atomic mass is 16.3. The summed E-state index contributed by atoms with van der Waals surface area (Å²) in [6.45, 7) is 11.1. The molecule has 202 valence electrons. The van der Waals surface area contributed by atoms with Crippen LogP contribution >= 0.6 is 0 Å². The van der Waals surface area contributed by atoms with Gasteiger partial charge in [-0.05, 0) is 46.0 Å². The van der Waals surface area contributed by atoms with Crippen molar-refractivity contribution in [2.45, 2.75) is 129 Å². The summed E-state index contributed by atoms with van der Waals surface area (Å²) in [5.41, 5.74) is -3.71. The monoisotopic (exact) mass is 496 g/mol. The maximum absolute atomic E-state index is 13.4. The number of rotatable bonds is 14. The second-order valence-corrected chi connectivity index (χ2v) is 10.8. The van der Waals surface area contributed by atoms with E-state index in [2.05, 4.69) is 22.9 Å². The van der Waals surface area contributed by atoms with Gasteiger partial charge >= 0.3 is 0 Å². The van der Waals surface area contributed by atoms with Gasteiger partial charge in [-0.15, -0.1) is 0 Å². The molecule has 9 heteroatoms. The molecule has 0 aromatic heterocycles.